The number of urea groups is 1. The Morgan fingerprint density at radius 1 is 0.895 bits per heavy atom. The summed E-state index contributed by atoms with van der Waals surface area (Å²) in [6.07, 6.45) is 0.341. The molecule has 14 heteroatoms. The zero-order valence-corrected chi connectivity index (χ0v) is 34.0. The van der Waals surface area contributed by atoms with E-state index in [2.05, 4.69) is 53.0 Å². The van der Waals surface area contributed by atoms with Crippen LogP contribution < -0.4 is 20.7 Å². The molecule has 4 N–H and O–H groups in total. The first-order chi connectivity index (χ1) is 26.4. The van der Waals surface area contributed by atoms with Gasteiger partial charge in [0.25, 0.3) is 5.91 Å². The Kier molecular flexibility index (Phi) is 18.4. The normalized spacial score (nSPS) is 11.6. The fourth-order valence-electron chi connectivity index (χ4n) is 4.72. The number of methoxy groups -OCH3 is 2. The van der Waals surface area contributed by atoms with Crippen molar-refractivity contribution in [1.29, 1.82) is 0 Å². The van der Waals surface area contributed by atoms with Crippen LogP contribution in [0.2, 0.25) is 0 Å². The van der Waals surface area contributed by atoms with Crippen LogP contribution in [0, 0.1) is 6.92 Å². The van der Waals surface area contributed by atoms with Crippen LogP contribution in [-0.4, -0.2) is 64.2 Å². The number of aliphatic carboxylic acids is 1. The summed E-state index contributed by atoms with van der Waals surface area (Å²) in [5.41, 5.74) is 4.11. The van der Waals surface area contributed by atoms with Crippen LogP contribution in [0.3, 0.4) is 0 Å². The Morgan fingerprint density at radius 2 is 1.51 bits per heavy atom. The van der Waals surface area contributed by atoms with Gasteiger partial charge >= 0.3 is 12.0 Å². The average molecular weight is 803 g/mol. The van der Waals surface area contributed by atoms with Gasteiger partial charge < -0.3 is 30.0 Å². The third-order valence-electron chi connectivity index (χ3n) is 8.02. The Morgan fingerprint density at radius 3 is 2.07 bits per heavy atom. The monoisotopic (exact) mass is 802 g/mol. The third-order valence-corrected chi connectivity index (χ3v) is 8.02. The summed E-state index contributed by atoms with van der Waals surface area (Å²) in [7, 11) is 2.84. The summed E-state index contributed by atoms with van der Waals surface area (Å²) >= 11 is 5.08. The summed E-state index contributed by atoms with van der Waals surface area (Å²) in [5.74, 6) is 0.422. The molecule has 3 amide bonds. The molecule has 57 heavy (non-hydrogen) atoms. The standard InChI is InChI=1S/C35H38N6O4.C4H8O3.C3H5Cl.CH4/c1-22-11-13-25(14-12-22)41-32(20-30(40-41)35(3,4)5)39-34(43)37-28-15-16-29(27-10-8-7-9-26(27)28)45-21-24-17-18-36-31(19-24)38-33(42)23(2)44-6;1-3(7-2)4(5)6;1-3(2)4;/h7-20,23H,21H2,1-6H3,(H,36,38,42)(H2,37,39,43);3H,1-2H3,(H,5,6);1H2,2H3;1H4/t23-;;;/m1.../s1. The minimum absolute atomic E-state index is 0. The summed E-state index contributed by atoms with van der Waals surface area (Å²) in [6.45, 7) is 16.7. The van der Waals surface area contributed by atoms with Gasteiger partial charge in [-0.3, -0.25) is 10.1 Å². The lowest BCUT2D eigenvalue weighted by Gasteiger charge is -2.15. The minimum atomic E-state index is -0.928. The number of nitrogens with zero attached hydrogens (tertiary/aromatic N) is 3. The van der Waals surface area contributed by atoms with Crippen molar-refractivity contribution < 1.29 is 33.7 Å². The molecule has 2 heterocycles. The molecule has 13 nitrogen and oxygen atoms in total. The molecule has 5 rings (SSSR count). The van der Waals surface area contributed by atoms with Gasteiger partial charge in [0.15, 0.2) is 6.10 Å². The van der Waals surface area contributed by atoms with Crippen LogP contribution in [0.4, 0.5) is 22.1 Å². The second-order valence-corrected chi connectivity index (χ2v) is 14.4. The molecule has 2 atom stereocenters. The Bertz CT molecular complexity index is 2110. The van der Waals surface area contributed by atoms with E-state index in [1.165, 1.54) is 21.1 Å². The summed E-state index contributed by atoms with van der Waals surface area (Å²) in [6, 6.07) is 24.5. The maximum absolute atomic E-state index is 13.3. The minimum Gasteiger partial charge on any atom is -0.488 e. The number of amides is 3. The van der Waals surface area contributed by atoms with Crippen molar-refractivity contribution in [2.45, 2.75) is 80.1 Å². The van der Waals surface area contributed by atoms with Gasteiger partial charge in [-0.25, -0.2) is 19.3 Å². The number of hydrogen-bond donors (Lipinski definition) is 4. The topological polar surface area (TPSA) is 166 Å². The van der Waals surface area contributed by atoms with Gasteiger partial charge in [-0.15, -0.1) is 0 Å². The average Bonchev–Trinajstić information content (AvgIpc) is 3.58. The second kappa shape index (κ2) is 22.1. The number of carbonyl (C=O) groups is 3. The maximum Gasteiger partial charge on any atom is 0.332 e. The van der Waals surface area contributed by atoms with Gasteiger partial charge in [-0.05, 0) is 69.7 Å². The zero-order chi connectivity index (χ0) is 41.6. The smallest absolute Gasteiger partial charge is 0.332 e. The van der Waals surface area contributed by atoms with Gasteiger partial charge in [-0.1, -0.05) is 88.3 Å². The number of nitrogens with one attached hydrogen (secondary N) is 3. The molecule has 0 spiro atoms. The second-order valence-electron chi connectivity index (χ2n) is 13.7. The van der Waals surface area contributed by atoms with Crippen LogP contribution in [0.25, 0.3) is 16.5 Å². The number of halogens is 1. The van der Waals surface area contributed by atoms with E-state index < -0.39 is 24.2 Å². The Hall–Kier alpha value is -5.76. The number of pyridine rings is 1. The number of rotatable bonds is 11. The molecule has 0 aliphatic carbocycles. The van der Waals surface area contributed by atoms with Crippen molar-refractivity contribution in [1.82, 2.24) is 14.8 Å². The summed E-state index contributed by atoms with van der Waals surface area (Å²) in [4.78, 5) is 39.5. The van der Waals surface area contributed by atoms with Crippen molar-refractivity contribution in [2.75, 3.05) is 30.2 Å². The Labute approximate surface area is 340 Å². The molecule has 0 bridgehead atoms. The first-order valence-corrected chi connectivity index (χ1v) is 18.1. The molecule has 0 aliphatic heterocycles. The number of carbonyl (C=O) groups excluding carboxylic acids is 2. The summed E-state index contributed by atoms with van der Waals surface area (Å²) in [5, 5.41) is 23.9. The number of carboxylic acid groups (broad SMARTS) is 1. The number of aryl methyl sites for hydroxylation is 1. The van der Waals surface area contributed by atoms with E-state index in [9.17, 15) is 14.4 Å². The van der Waals surface area contributed by atoms with Crippen molar-refractivity contribution in [3.05, 3.63) is 113 Å². The van der Waals surface area contributed by atoms with Gasteiger partial charge in [-0.2, -0.15) is 5.10 Å². The van der Waals surface area contributed by atoms with Crippen LogP contribution in [-0.2, 0) is 31.1 Å². The van der Waals surface area contributed by atoms with E-state index in [1.54, 1.807) is 30.8 Å². The molecule has 0 fully saturated rings. The highest BCUT2D eigenvalue weighted by atomic mass is 35.5. The van der Waals surface area contributed by atoms with Crippen molar-refractivity contribution >= 4 is 57.6 Å². The first-order valence-electron chi connectivity index (χ1n) is 17.7. The van der Waals surface area contributed by atoms with Crippen molar-refractivity contribution in [3.8, 4) is 11.4 Å². The molecule has 3 aromatic carbocycles. The van der Waals surface area contributed by atoms with Crippen LogP contribution in [0.5, 0.6) is 5.75 Å². The molecule has 0 radical (unpaired) electrons. The lowest BCUT2D eigenvalue weighted by molar-refractivity contribution is -0.147. The predicted octanol–water partition coefficient (Wildman–Crippen LogP) is 9.72. The molecule has 1 unspecified atom stereocenters. The Balaban J connectivity index is 0.000000824. The van der Waals surface area contributed by atoms with Crippen LogP contribution in [0.1, 0.15) is 65.8 Å². The number of ether oxygens (including phenoxy) is 3. The third kappa shape index (κ3) is 14.7. The van der Waals surface area contributed by atoms with Crippen LogP contribution in [0.15, 0.2) is 96.7 Å². The number of anilines is 3. The lowest BCUT2D eigenvalue weighted by atomic mass is 9.92. The van der Waals surface area contributed by atoms with Gasteiger partial charge in [0.2, 0.25) is 0 Å². The van der Waals surface area contributed by atoms with Crippen LogP contribution >= 0.6 is 11.6 Å². The number of fused-ring (bicyclic) bond motifs is 1. The zero-order valence-electron chi connectivity index (χ0n) is 33.3. The number of hydrogen-bond acceptors (Lipinski definition) is 8. The molecular formula is C43H55ClN6O7. The highest BCUT2D eigenvalue weighted by Gasteiger charge is 2.22. The van der Waals surface area contributed by atoms with E-state index in [0.29, 0.717) is 28.1 Å². The molecular weight excluding hydrogens is 748 g/mol. The van der Waals surface area contributed by atoms with Gasteiger partial charge in [0.05, 0.1) is 17.1 Å². The predicted molar refractivity (Wildman–Crippen MR) is 229 cm³/mol. The molecule has 0 saturated heterocycles. The largest absolute Gasteiger partial charge is 0.488 e. The highest BCUT2D eigenvalue weighted by Crippen LogP contribution is 2.33. The fourth-order valence-corrected chi connectivity index (χ4v) is 4.72. The van der Waals surface area contributed by atoms with Gasteiger partial charge in [0, 0.05) is 47.7 Å². The molecule has 0 saturated carbocycles. The molecule has 306 valence electrons. The van der Waals surface area contributed by atoms with E-state index in [-0.39, 0.29) is 25.4 Å². The fraction of sp³-hybridized carbons (Fsp3) is 0.326. The first kappa shape index (κ1) is 47.4. The van der Waals surface area contributed by atoms with Crippen molar-refractivity contribution in [3.63, 3.8) is 0 Å². The number of benzene rings is 3. The molecule has 2 aromatic heterocycles. The summed E-state index contributed by atoms with van der Waals surface area (Å²) < 4.78 is 17.4. The van der Waals surface area contributed by atoms with Gasteiger partial charge in [0.1, 0.15) is 30.1 Å². The molecule has 0 aliphatic rings. The number of aromatic nitrogens is 3. The number of carboxylic acids is 1. The molecule has 5 aromatic rings. The van der Waals surface area contributed by atoms with E-state index in [1.807, 2.05) is 79.7 Å². The maximum atomic E-state index is 13.3. The number of allylic oxidation sites excluding steroid dienone is 1. The highest BCUT2D eigenvalue weighted by molar-refractivity contribution is 6.28. The van der Waals surface area contributed by atoms with E-state index >= 15 is 0 Å². The quantitative estimate of drug-likeness (QED) is 0.102. The van der Waals surface area contributed by atoms with E-state index in [0.717, 1.165) is 33.3 Å². The van der Waals surface area contributed by atoms with Crippen molar-refractivity contribution in [2.24, 2.45) is 0 Å². The van der Waals surface area contributed by atoms with E-state index in [4.69, 9.17) is 31.3 Å². The lowest BCUT2D eigenvalue weighted by Crippen LogP contribution is -2.26. The SMILES string of the molecule is C.C=C(C)Cl.COC(C)C(=O)O.CO[C@H](C)C(=O)Nc1cc(COc2ccc(NC(=O)Nc3cc(C(C)(C)C)nn3-c3ccc(C)cc3)c3ccccc23)ccn1.